The fraction of sp³-hybridized carbons (Fsp3) is 0.933. The number of aliphatic imine (C=N–C) groups is 1. The van der Waals surface area contributed by atoms with Gasteiger partial charge in [-0.25, -0.2) is 0 Å². The lowest BCUT2D eigenvalue weighted by Crippen LogP contribution is -2.42. The van der Waals surface area contributed by atoms with Crippen molar-refractivity contribution in [3.8, 4) is 0 Å². The molecule has 2 fully saturated rings. The zero-order chi connectivity index (χ0) is 13.5. The van der Waals surface area contributed by atoms with Crippen LogP contribution in [0.5, 0.6) is 0 Å². The van der Waals surface area contributed by atoms with Crippen molar-refractivity contribution in [3.63, 3.8) is 0 Å². The molecule has 0 spiro atoms. The lowest BCUT2D eigenvalue weighted by Gasteiger charge is -2.17. The first-order chi connectivity index (χ1) is 9.31. The van der Waals surface area contributed by atoms with Gasteiger partial charge in [-0.1, -0.05) is 12.8 Å². The van der Waals surface area contributed by atoms with E-state index in [0.29, 0.717) is 6.04 Å². The zero-order valence-electron chi connectivity index (χ0n) is 12.9. The Bertz CT molecular complexity index is 295. The monoisotopic (exact) mass is 411 g/mol. The minimum atomic E-state index is 0. The molecule has 20 heavy (non-hydrogen) atoms. The first-order valence-corrected chi connectivity index (χ1v) is 9.18. The Balaban J connectivity index is 0.00000200. The third kappa shape index (κ3) is 6.87. The van der Waals surface area contributed by atoms with Crippen LogP contribution in [0.15, 0.2) is 4.99 Å². The number of rotatable bonds is 7. The van der Waals surface area contributed by atoms with Gasteiger partial charge in [0.1, 0.15) is 0 Å². The van der Waals surface area contributed by atoms with Crippen molar-refractivity contribution in [1.82, 2.24) is 10.6 Å². The van der Waals surface area contributed by atoms with Crippen LogP contribution in [0.1, 0.15) is 51.9 Å². The predicted octanol–water partition coefficient (Wildman–Crippen LogP) is 3.63. The van der Waals surface area contributed by atoms with Crippen molar-refractivity contribution in [1.29, 1.82) is 0 Å². The maximum Gasteiger partial charge on any atom is 0.191 e. The maximum absolute atomic E-state index is 4.72. The molecule has 118 valence electrons. The quantitative estimate of drug-likeness (QED) is 0.291. The third-order valence-corrected chi connectivity index (χ3v) is 5.24. The minimum absolute atomic E-state index is 0. The van der Waals surface area contributed by atoms with Crippen LogP contribution in [-0.2, 0) is 0 Å². The van der Waals surface area contributed by atoms with Gasteiger partial charge in [0.2, 0.25) is 0 Å². The van der Waals surface area contributed by atoms with E-state index >= 15 is 0 Å². The van der Waals surface area contributed by atoms with Gasteiger partial charge in [-0.2, -0.15) is 11.8 Å². The molecular formula is C15H30IN3S. The molecule has 2 aliphatic carbocycles. The summed E-state index contributed by atoms with van der Waals surface area (Å²) >= 11 is 2.01. The second-order valence-corrected chi connectivity index (χ2v) is 7.00. The Morgan fingerprint density at radius 2 is 2.05 bits per heavy atom. The van der Waals surface area contributed by atoms with Gasteiger partial charge >= 0.3 is 0 Å². The Kier molecular flexibility index (Phi) is 9.33. The topological polar surface area (TPSA) is 36.4 Å². The van der Waals surface area contributed by atoms with Crippen LogP contribution in [-0.4, -0.2) is 36.6 Å². The average molecular weight is 411 g/mol. The fourth-order valence-corrected chi connectivity index (χ4v) is 3.57. The highest BCUT2D eigenvalue weighted by Crippen LogP contribution is 2.33. The summed E-state index contributed by atoms with van der Waals surface area (Å²) in [5.74, 6) is 2.06. The van der Waals surface area contributed by atoms with Crippen molar-refractivity contribution in [3.05, 3.63) is 0 Å². The number of hydrogen-bond donors (Lipinski definition) is 2. The molecule has 0 heterocycles. The predicted molar refractivity (Wildman–Crippen MR) is 101 cm³/mol. The molecule has 0 radical (unpaired) electrons. The third-order valence-electron chi connectivity index (χ3n) is 4.14. The summed E-state index contributed by atoms with van der Waals surface area (Å²) in [7, 11) is 0. The van der Waals surface area contributed by atoms with Crippen molar-refractivity contribution in [2.75, 3.05) is 19.3 Å². The molecule has 2 atom stereocenters. The molecule has 3 nitrogen and oxygen atoms in total. The van der Waals surface area contributed by atoms with E-state index in [1.807, 2.05) is 11.8 Å². The smallest absolute Gasteiger partial charge is 0.191 e. The molecule has 0 bridgehead atoms. The van der Waals surface area contributed by atoms with E-state index in [0.717, 1.165) is 30.2 Å². The van der Waals surface area contributed by atoms with E-state index in [1.165, 1.54) is 44.9 Å². The van der Waals surface area contributed by atoms with Gasteiger partial charge in [-0.3, -0.25) is 4.99 Å². The van der Waals surface area contributed by atoms with Crippen LogP contribution in [0, 0.1) is 5.92 Å². The molecule has 0 saturated heterocycles. The standard InChI is InChI=1S/C15H29N3S.HI/c1-3-16-15(17-10-4-5-12-6-7-12)18-13-8-9-14(11-13)19-2;/h12-14H,3-11H2,1-2H3,(H2,16,17,18);1H. The summed E-state index contributed by atoms with van der Waals surface area (Å²) in [5.41, 5.74) is 0. The summed E-state index contributed by atoms with van der Waals surface area (Å²) in [6.45, 7) is 4.07. The van der Waals surface area contributed by atoms with Gasteiger partial charge in [-0.05, 0) is 51.2 Å². The van der Waals surface area contributed by atoms with E-state index in [4.69, 9.17) is 4.99 Å². The first kappa shape index (κ1) is 18.4. The highest BCUT2D eigenvalue weighted by molar-refractivity contribution is 14.0. The average Bonchev–Trinajstić information content (AvgIpc) is 3.13. The van der Waals surface area contributed by atoms with E-state index in [2.05, 4.69) is 23.8 Å². The fourth-order valence-electron chi connectivity index (χ4n) is 2.78. The molecule has 0 aromatic rings. The Hall–Kier alpha value is 0.350. The van der Waals surface area contributed by atoms with Gasteiger partial charge in [-0.15, -0.1) is 24.0 Å². The minimum Gasteiger partial charge on any atom is -0.357 e. The highest BCUT2D eigenvalue weighted by atomic mass is 127. The molecule has 0 amide bonds. The SMILES string of the molecule is CCNC(=NCCCC1CC1)NC1CCC(SC)C1.I. The van der Waals surface area contributed by atoms with E-state index < -0.39 is 0 Å². The molecule has 0 aromatic heterocycles. The van der Waals surface area contributed by atoms with Crippen molar-refractivity contribution < 1.29 is 0 Å². The summed E-state index contributed by atoms with van der Waals surface area (Å²) in [5, 5.41) is 7.83. The molecule has 5 heteroatoms. The maximum atomic E-state index is 4.72. The molecule has 0 aliphatic heterocycles. The molecular weight excluding hydrogens is 381 g/mol. The van der Waals surface area contributed by atoms with Crippen LogP contribution >= 0.6 is 35.7 Å². The summed E-state index contributed by atoms with van der Waals surface area (Å²) in [4.78, 5) is 4.72. The van der Waals surface area contributed by atoms with Crippen LogP contribution in [0.2, 0.25) is 0 Å². The van der Waals surface area contributed by atoms with Gasteiger partial charge in [0.25, 0.3) is 0 Å². The highest BCUT2D eigenvalue weighted by Gasteiger charge is 2.24. The van der Waals surface area contributed by atoms with E-state index in [1.54, 1.807) is 0 Å². The second kappa shape index (κ2) is 10.1. The number of nitrogens with one attached hydrogen (secondary N) is 2. The van der Waals surface area contributed by atoms with Crippen LogP contribution in [0.4, 0.5) is 0 Å². The molecule has 2 unspecified atom stereocenters. The summed E-state index contributed by atoms with van der Waals surface area (Å²) in [6.07, 6.45) is 11.7. The Morgan fingerprint density at radius 3 is 2.65 bits per heavy atom. The molecule has 2 N–H and O–H groups in total. The van der Waals surface area contributed by atoms with Crippen molar-refractivity contribution in [2.45, 2.75) is 63.2 Å². The Morgan fingerprint density at radius 1 is 1.25 bits per heavy atom. The van der Waals surface area contributed by atoms with Gasteiger partial charge in [0.05, 0.1) is 0 Å². The molecule has 2 aliphatic rings. The number of thioether (sulfide) groups is 1. The molecule has 0 aromatic carbocycles. The zero-order valence-corrected chi connectivity index (χ0v) is 16.0. The Labute approximate surface area is 145 Å². The van der Waals surface area contributed by atoms with E-state index in [-0.39, 0.29) is 24.0 Å². The lowest BCUT2D eigenvalue weighted by atomic mass is 10.2. The van der Waals surface area contributed by atoms with Crippen LogP contribution in [0.3, 0.4) is 0 Å². The van der Waals surface area contributed by atoms with Gasteiger partial charge < -0.3 is 10.6 Å². The van der Waals surface area contributed by atoms with Crippen molar-refractivity contribution in [2.24, 2.45) is 10.9 Å². The summed E-state index contributed by atoms with van der Waals surface area (Å²) in [6, 6.07) is 0.624. The first-order valence-electron chi connectivity index (χ1n) is 7.89. The van der Waals surface area contributed by atoms with Gasteiger partial charge in [0, 0.05) is 24.4 Å². The number of guanidine groups is 1. The number of halogens is 1. The number of hydrogen-bond acceptors (Lipinski definition) is 2. The molecule has 2 saturated carbocycles. The van der Waals surface area contributed by atoms with Crippen LogP contribution < -0.4 is 10.6 Å². The lowest BCUT2D eigenvalue weighted by molar-refractivity contribution is 0.611. The molecule has 2 rings (SSSR count). The summed E-state index contributed by atoms with van der Waals surface area (Å²) < 4.78 is 0. The number of nitrogens with zero attached hydrogens (tertiary/aromatic N) is 1. The van der Waals surface area contributed by atoms with Gasteiger partial charge in [0.15, 0.2) is 5.96 Å². The van der Waals surface area contributed by atoms with Crippen molar-refractivity contribution >= 4 is 41.7 Å². The van der Waals surface area contributed by atoms with E-state index in [9.17, 15) is 0 Å². The second-order valence-electron chi connectivity index (χ2n) is 5.86. The van der Waals surface area contributed by atoms with Crippen LogP contribution in [0.25, 0.3) is 0 Å². The normalized spacial score (nSPS) is 26.2. The largest absolute Gasteiger partial charge is 0.357 e.